The molecule has 0 aliphatic heterocycles. The average Bonchev–Trinajstić information content (AvgIpc) is 2.54. The number of amides is 1. The number of nitrogens with one attached hydrogen (secondary N) is 1. The summed E-state index contributed by atoms with van der Waals surface area (Å²) in [6.07, 6.45) is 0. The van der Waals surface area contributed by atoms with Gasteiger partial charge in [-0.25, -0.2) is 8.78 Å². The van der Waals surface area contributed by atoms with Gasteiger partial charge in [-0.3, -0.25) is 4.79 Å². The first kappa shape index (κ1) is 12.7. The molecule has 0 saturated carbocycles. The molecule has 0 unspecified atom stereocenters. The first-order valence-corrected chi connectivity index (χ1v) is 5.56. The van der Waals surface area contributed by atoms with Gasteiger partial charge in [-0.15, -0.1) is 0 Å². The van der Waals surface area contributed by atoms with Crippen molar-refractivity contribution in [2.24, 2.45) is 5.73 Å². The molecule has 1 aromatic carbocycles. The first-order valence-electron chi connectivity index (χ1n) is 5.15. The number of aromatic nitrogens is 2. The van der Waals surface area contributed by atoms with E-state index >= 15 is 0 Å². The van der Waals surface area contributed by atoms with Gasteiger partial charge in [0.1, 0.15) is 16.9 Å². The minimum absolute atomic E-state index is 0.0516. The van der Waals surface area contributed by atoms with Gasteiger partial charge in [-0.1, -0.05) is 0 Å². The molecule has 18 heavy (non-hydrogen) atoms. The third-order valence-electron chi connectivity index (χ3n) is 2.87. The van der Waals surface area contributed by atoms with E-state index in [1.807, 2.05) is 0 Å². The molecule has 3 N–H and O–H groups in total. The zero-order valence-electron chi connectivity index (χ0n) is 9.75. The second-order valence-corrected chi connectivity index (χ2v) is 4.86. The van der Waals surface area contributed by atoms with Crippen molar-refractivity contribution in [1.29, 1.82) is 0 Å². The molecule has 1 amide bonds. The van der Waals surface area contributed by atoms with Crippen molar-refractivity contribution in [3.05, 3.63) is 28.5 Å². The molecule has 0 bridgehead atoms. The number of nitrogens with two attached hydrogens (primary N) is 1. The van der Waals surface area contributed by atoms with Gasteiger partial charge in [-0.2, -0.15) is 0 Å². The van der Waals surface area contributed by atoms with Gasteiger partial charge in [0.15, 0.2) is 10.6 Å². The smallest absolute Gasteiger partial charge is 0.243 e. The highest BCUT2D eigenvalue weighted by molar-refractivity contribution is 7.71. The predicted molar refractivity (Wildman–Crippen MR) is 65.6 cm³/mol. The molecule has 0 atom stereocenters. The Hall–Kier alpha value is -1.76. The van der Waals surface area contributed by atoms with Crippen LogP contribution in [0.15, 0.2) is 12.1 Å². The molecule has 1 heterocycles. The van der Waals surface area contributed by atoms with E-state index in [1.54, 1.807) is 0 Å². The second kappa shape index (κ2) is 3.88. The number of carbonyl (C=O) groups is 1. The number of carbonyl (C=O) groups excluding carboxylic acids is 1. The molecule has 2 rings (SSSR count). The number of H-pyrrole nitrogens is 1. The minimum atomic E-state index is -1.18. The van der Waals surface area contributed by atoms with Crippen LogP contribution in [-0.4, -0.2) is 15.5 Å². The van der Waals surface area contributed by atoms with Crippen molar-refractivity contribution in [3.63, 3.8) is 0 Å². The maximum Gasteiger partial charge on any atom is 0.243 e. The summed E-state index contributed by atoms with van der Waals surface area (Å²) in [5.41, 5.74) is 4.32. The van der Waals surface area contributed by atoms with E-state index < -0.39 is 23.1 Å². The number of hydrogen-bond donors (Lipinski definition) is 2. The molecule has 96 valence electrons. The van der Waals surface area contributed by atoms with Crippen LogP contribution in [0, 0.1) is 16.4 Å². The largest absolute Gasteiger partial charge is 0.368 e. The number of aromatic amines is 1. The molecule has 2 aromatic rings. The minimum Gasteiger partial charge on any atom is -0.368 e. The number of hydrogen-bond acceptors (Lipinski definition) is 2. The molecule has 1 aromatic heterocycles. The number of imidazole rings is 1. The van der Waals surface area contributed by atoms with Crippen LogP contribution in [0.5, 0.6) is 0 Å². The molecule has 0 fully saturated rings. The Morgan fingerprint density at radius 3 is 2.61 bits per heavy atom. The molecular weight excluding hydrogens is 260 g/mol. The van der Waals surface area contributed by atoms with E-state index in [1.165, 1.54) is 18.4 Å². The summed E-state index contributed by atoms with van der Waals surface area (Å²) in [5.74, 6) is -2.16. The van der Waals surface area contributed by atoms with E-state index in [-0.39, 0.29) is 15.8 Å². The Morgan fingerprint density at radius 2 is 2.06 bits per heavy atom. The van der Waals surface area contributed by atoms with Crippen molar-refractivity contribution in [3.8, 4) is 0 Å². The van der Waals surface area contributed by atoms with E-state index in [0.29, 0.717) is 0 Å². The Balaban J connectivity index is 2.92. The third-order valence-corrected chi connectivity index (χ3v) is 3.16. The molecule has 0 aliphatic rings. The summed E-state index contributed by atoms with van der Waals surface area (Å²) in [6, 6.07) is 1.85. The number of benzene rings is 1. The molecular formula is C11H11F2N3OS. The Morgan fingerprint density at radius 1 is 1.44 bits per heavy atom. The Bertz CT molecular complexity index is 702. The van der Waals surface area contributed by atoms with Crippen LogP contribution in [0.2, 0.25) is 0 Å². The maximum absolute atomic E-state index is 13.6. The first-order chi connectivity index (χ1) is 8.25. The fourth-order valence-electron chi connectivity index (χ4n) is 1.80. The standard InChI is InChI=1S/C11H11F2N3OS/c1-11(2,9(14)17)16-7-4-5(12)3-6(13)8(7)15-10(16)18/h3-4H,1-2H3,(H2,14,17)(H,15,18). The van der Waals surface area contributed by atoms with Crippen LogP contribution in [0.3, 0.4) is 0 Å². The Labute approximate surface area is 106 Å². The number of fused-ring (bicyclic) bond motifs is 1. The van der Waals surface area contributed by atoms with Gasteiger partial charge < -0.3 is 15.3 Å². The summed E-state index contributed by atoms with van der Waals surface area (Å²) in [5, 5.41) is 0. The molecule has 7 heteroatoms. The van der Waals surface area contributed by atoms with Crippen LogP contribution in [-0.2, 0) is 10.3 Å². The van der Waals surface area contributed by atoms with E-state index in [4.69, 9.17) is 18.0 Å². The molecule has 4 nitrogen and oxygen atoms in total. The zero-order valence-corrected chi connectivity index (χ0v) is 10.6. The highest BCUT2D eigenvalue weighted by atomic mass is 32.1. The molecule has 0 saturated heterocycles. The Kier molecular flexibility index (Phi) is 2.73. The molecule has 0 radical (unpaired) electrons. The fourth-order valence-corrected chi connectivity index (χ4v) is 2.23. The van der Waals surface area contributed by atoms with Crippen molar-refractivity contribution in [1.82, 2.24) is 9.55 Å². The highest BCUT2D eigenvalue weighted by Gasteiger charge is 2.30. The lowest BCUT2D eigenvalue weighted by Gasteiger charge is -2.23. The van der Waals surface area contributed by atoms with E-state index in [2.05, 4.69) is 4.98 Å². The van der Waals surface area contributed by atoms with Gasteiger partial charge in [0.05, 0.1) is 5.52 Å². The van der Waals surface area contributed by atoms with Crippen LogP contribution in [0.4, 0.5) is 8.78 Å². The van der Waals surface area contributed by atoms with Gasteiger partial charge in [0, 0.05) is 6.07 Å². The summed E-state index contributed by atoms with van der Waals surface area (Å²) < 4.78 is 28.3. The fraction of sp³-hybridized carbons (Fsp3) is 0.273. The number of rotatable bonds is 2. The summed E-state index contributed by atoms with van der Waals surface area (Å²) >= 11 is 5.03. The highest BCUT2D eigenvalue weighted by Crippen LogP contribution is 2.26. The predicted octanol–water partition coefficient (Wildman–Crippen LogP) is 2.20. The third kappa shape index (κ3) is 1.71. The summed E-state index contributed by atoms with van der Waals surface area (Å²) in [7, 11) is 0. The molecule has 0 spiro atoms. The van der Waals surface area contributed by atoms with Crippen molar-refractivity contribution in [2.45, 2.75) is 19.4 Å². The summed E-state index contributed by atoms with van der Waals surface area (Å²) in [6.45, 7) is 3.06. The lowest BCUT2D eigenvalue weighted by molar-refractivity contribution is -0.124. The number of primary amides is 1. The monoisotopic (exact) mass is 271 g/mol. The quantitative estimate of drug-likeness (QED) is 0.822. The lowest BCUT2D eigenvalue weighted by Crippen LogP contribution is -2.41. The SMILES string of the molecule is CC(C)(C(N)=O)n1c(=S)[nH]c2c(F)cc(F)cc21. The van der Waals surface area contributed by atoms with Gasteiger partial charge in [0.25, 0.3) is 0 Å². The average molecular weight is 271 g/mol. The summed E-state index contributed by atoms with van der Waals surface area (Å²) in [4.78, 5) is 14.1. The molecule has 0 aliphatic carbocycles. The normalized spacial score (nSPS) is 12.0. The topological polar surface area (TPSA) is 63.8 Å². The lowest BCUT2D eigenvalue weighted by atomic mass is 10.0. The zero-order chi connectivity index (χ0) is 13.7. The number of halogens is 2. The van der Waals surface area contributed by atoms with Crippen LogP contribution < -0.4 is 5.73 Å². The second-order valence-electron chi connectivity index (χ2n) is 4.47. The van der Waals surface area contributed by atoms with Crippen molar-refractivity contribution >= 4 is 29.2 Å². The van der Waals surface area contributed by atoms with Gasteiger partial charge in [-0.05, 0) is 32.1 Å². The maximum atomic E-state index is 13.6. The van der Waals surface area contributed by atoms with E-state index in [9.17, 15) is 13.6 Å². The van der Waals surface area contributed by atoms with Gasteiger partial charge in [0.2, 0.25) is 5.91 Å². The van der Waals surface area contributed by atoms with Crippen molar-refractivity contribution < 1.29 is 13.6 Å². The van der Waals surface area contributed by atoms with Crippen LogP contribution in [0.1, 0.15) is 13.8 Å². The van der Waals surface area contributed by atoms with Gasteiger partial charge >= 0.3 is 0 Å². The van der Waals surface area contributed by atoms with Crippen LogP contribution in [0.25, 0.3) is 11.0 Å². The van der Waals surface area contributed by atoms with Crippen LogP contribution >= 0.6 is 12.2 Å². The van der Waals surface area contributed by atoms with E-state index in [0.717, 1.165) is 12.1 Å². The van der Waals surface area contributed by atoms with Crippen molar-refractivity contribution in [2.75, 3.05) is 0 Å². The number of nitrogens with zero attached hydrogens (tertiary/aromatic N) is 1.